The number of ether oxygens (including phenoxy) is 1. The Morgan fingerprint density at radius 3 is 2.19 bits per heavy atom. The van der Waals surface area contributed by atoms with Gasteiger partial charge in [0.1, 0.15) is 0 Å². The third-order valence-corrected chi connectivity index (χ3v) is 2.85. The molecule has 0 heterocycles. The largest absolute Gasteiger partial charge is 0.385 e. The minimum absolute atomic E-state index is 0.441. The van der Waals surface area contributed by atoms with Crippen LogP contribution in [0.15, 0.2) is 0 Å². The zero-order valence-corrected chi connectivity index (χ0v) is 12.2. The molecule has 0 saturated heterocycles. The number of hydrogen-bond acceptors (Lipinski definition) is 2. The molecule has 16 heavy (non-hydrogen) atoms. The van der Waals surface area contributed by atoms with E-state index in [1.165, 1.54) is 32.2 Å². The van der Waals surface area contributed by atoms with Gasteiger partial charge in [-0.3, -0.25) is 0 Å². The quantitative estimate of drug-likeness (QED) is 0.632. The van der Waals surface area contributed by atoms with E-state index in [1.54, 1.807) is 7.11 Å². The summed E-state index contributed by atoms with van der Waals surface area (Å²) in [5.41, 5.74) is 0.441. The second-order valence-electron chi connectivity index (χ2n) is 6.36. The average Bonchev–Trinajstić information content (AvgIpc) is 2.11. The maximum Gasteiger partial charge on any atom is 0.0464 e. The zero-order chi connectivity index (χ0) is 12.6. The summed E-state index contributed by atoms with van der Waals surface area (Å²) in [6.07, 6.45) is 5.15. The first-order valence-corrected chi connectivity index (χ1v) is 6.49. The van der Waals surface area contributed by atoms with Crippen molar-refractivity contribution in [1.29, 1.82) is 0 Å². The highest BCUT2D eigenvalue weighted by molar-refractivity contribution is 4.70. The van der Waals surface area contributed by atoms with Gasteiger partial charge in [-0.15, -0.1) is 0 Å². The van der Waals surface area contributed by atoms with Crippen molar-refractivity contribution in [3.8, 4) is 0 Å². The number of hydrogen-bond donors (Lipinski definition) is 0. The van der Waals surface area contributed by atoms with Crippen LogP contribution in [0.2, 0.25) is 0 Å². The van der Waals surface area contributed by atoms with Crippen LogP contribution in [0.25, 0.3) is 0 Å². The van der Waals surface area contributed by atoms with Gasteiger partial charge in [0.25, 0.3) is 0 Å². The Labute approximate surface area is 102 Å². The SMILES string of the molecule is COCC[C@H](CCCN(C)C)CC(C)(C)C. The molecule has 0 radical (unpaired) electrons. The summed E-state index contributed by atoms with van der Waals surface area (Å²) in [4.78, 5) is 2.27. The van der Waals surface area contributed by atoms with E-state index >= 15 is 0 Å². The van der Waals surface area contributed by atoms with Crippen molar-refractivity contribution < 1.29 is 4.74 Å². The molecule has 0 fully saturated rings. The lowest BCUT2D eigenvalue weighted by molar-refractivity contribution is 0.156. The molecule has 0 N–H and O–H groups in total. The van der Waals surface area contributed by atoms with Crippen LogP contribution in [0.3, 0.4) is 0 Å². The lowest BCUT2D eigenvalue weighted by Gasteiger charge is -2.26. The molecule has 98 valence electrons. The molecule has 0 aliphatic carbocycles. The van der Waals surface area contributed by atoms with Gasteiger partial charge in [-0.2, -0.15) is 0 Å². The van der Waals surface area contributed by atoms with Gasteiger partial charge in [0, 0.05) is 13.7 Å². The third-order valence-electron chi connectivity index (χ3n) is 2.85. The van der Waals surface area contributed by atoms with Gasteiger partial charge in [-0.25, -0.2) is 0 Å². The lowest BCUT2D eigenvalue weighted by atomic mass is 9.81. The van der Waals surface area contributed by atoms with E-state index in [4.69, 9.17) is 4.74 Å². The summed E-state index contributed by atoms with van der Waals surface area (Å²) in [6.45, 7) is 9.10. The molecule has 0 amide bonds. The molecule has 2 heteroatoms. The van der Waals surface area contributed by atoms with Crippen molar-refractivity contribution in [3.05, 3.63) is 0 Å². The van der Waals surface area contributed by atoms with Crippen LogP contribution in [0.1, 0.15) is 46.5 Å². The second kappa shape index (κ2) is 8.08. The Kier molecular flexibility index (Phi) is 8.04. The van der Waals surface area contributed by atoms with Crippen molar-refractivity contribution in [1.82, 2.24) is 4.90 Å². The van der Waals surface area contributed by atoms with Crippen LogP contribution in [0.4, 0.5) is 0 Å². The highest BCUT2D eigenvalue weighted by Gasteiger charge is 2.18. The third kappa shape index (κ3) is 10.4. The van der Waals surface area contributed by atoms with E-state index in [0.29, 0.717) is 5.41 Å². The molecular weight excluding hydrogens is 198 g/mol. The Morgan fingerprint density at radius 2 is 1.75 bits per heavy atom. The van der Waals surface area contributed by atoms with Crippen molar-refractivity contribution in [3.63, 3.8) is 0 Å². The van der Waals surface area contributed by atoms with Crippen LogP contribution in [0.5, 0.6) is 0 Å². The maximum absolute atomic E-state index is 5.20. The molecule has 0 aromatic rings. The van der Waals surface area contributed by atoms with Crippen LogP contribution in [-0.4, -0.2) is 39.3 Å². The molecular formula is C14H31NO. The summed E-state index contributed by atoms with van der Waals surface area (Å²) in [6, 6.07) is 0. The van der Waals surface area contributed by atoms with Crippen molar-refractivity contribution in [2.45, 2.75) is 46.5 Å². The van der Waals surface area contributed by atoms with Crippen LogP contribution < -0.4 is 0 Å². The molecule has 0 unspecified atom stereocenters. The molecule has 0 rings (SSSR count). The van der Waals surface area contributed by atoms with Gasteiger partial charge in [-0.05, 0) is 57.7 Å². The fraction of sp³-hybridized carbons (Fsp3) is 1.00. The Bertz CT molecular complexity index is 161. The van der Waals surface area contributed by atoms with Gasteiger partial charge >= 0.3 is 0 Å². The van der Waals surface area contributed by atoms with Crippen LogP contribution in [-0.2, 0) is 4.74 Å². The molecule has 0 bridgehead atoms. The highest BCUT2D eigenvalue weighted by atomic mass is 16.5. The fourth-order valence-corrected chi connectivity index (χ4v) is 2.20. The summed E-state index contributed by atoms with van der Waals surface area (Å²) >= 11 is 0. The number of nitrogens with zero attached hydrogens (tertiary/aromatic N) is 1. The van der Waals surface area contributed by atoms with E-state index in [-0.39, 0.29) is 0 Å². The molecule has 1 atom stereocenters. The monoisotopic (exact) mass is 229 g/mol. The standard InChI is InChI=1S/C14H31NO/c1-14(2,3)12-13(9-11-16-6)8-7-10-15(4)5/h13H,7-12H2,1-6H3/t13-/m0/s1. The molecule has 0 spiro atoms. The molecule has 0 aliphatic heterocycles. The van der Waals surface area contributed by atoms with Gasteiger partial charge < -0.3 is 9.64 Å². The summed E-state index contributed by atoms with van der Waals surface area (Å²) in [5, 5.41) is 0. The number of rotatable bonds is 8. The van der Waals surface area contributed by atoms with E-state index in [0.717, 1.165) is 12.5 Å². The zero-order valence-electron chi connectivity index (χ0n) is 12.2. The first-order chi connectivity index (χ1) is 7.35. The van der Waals surface area contributed by atoms with Gasteiger partial charge in [0.05, 0.1) is 0 Å². The van der Waals surface area contributed by atoms with Crippen molar-refractivity contribution in [2.24, 2.45) is 11.3 Å². The Morgan fingerprint density at radius 1 is 1.12 bits per heavy atom. The molecule has 2 nitrogen and oxygen atoms in total. The van der Waals surface area contributed by atoms with E-state index in [1.807, 2.05) is 0 Å². The first-order valence-electron chi connectivity index (χ1n) is 6.49. The summed E-state index contributed by atoms with van der Waals surface area (Å²) in [7, 11) is 6.09. The minimum Gasteiger partial charge on any atom is -0.385 e. The molecule has 0 aliphatic rings. The summed E-state index contributed by atoms with van der Waals surface area (Å²) < 4.78 is 5.20. The van der Waals surface area contributed by atoms with E-state index in [2.05, 4.69) is 39.8 Å². The highest BCUT2D eigenvalue weighted by Crippen LogP contribution is 2.29. The average molecular weight is 229 g/mol. The van der Waals surface area contributed by atoms with Crippen molar-refractivity contribution >= 4 is 0 Å². The maximum atomic E-state index is 5.20. The van der Waals surface area contributed by atoms with Gasteiger partial charge in [0.15, 0.2) is 0 Å². The molecule has 0 aromatic carbocycles. The normalized spacial score (nSPS) is 14.4. The topological polar surface area (TPSA) is 12.5 Å². The van der Waals surface area contributed by atoms with Gasteiger partial charge in [-0.1, -0.05) is 20.8 Å². The van der Waals surface area contributed by atoms with E-state index < -0.39 is 0 Å². The summed E-state index contributed by atoms with van der Waals surface area (Å²) in [5.74, 6) is 0.819. The number of methoxy groups -OCH3 is 1. The molecule has 0 aromatic heterocycles. The van der Waals surface area contributed by atoms with E-state index in [9.17, 15) is 0 Å². The van der Waals surface area contributed by atoms with Crippen molar-refractivity contribution in [2.75, 3.05) is 34.4 Å². The smallest absolute Gasteiger partial charge is 0.0464 e. The van der Waals surface area contributed by atoms with Crippen LogP contribution in [0, 0.1) is 11.3 Å². The first kappa shape index (κ1) is 15.9. The minimum atomic E-state index is 0.441. The Hall–Kier alpha value is -0.0800. The van der Waals surface area contributed by atoms with Gasteiger partial charge in [0.2, 0.25) is 0 Å². The second-order valence-corrected chi connectivity index (χ2v) is 6.36. The Balaban J connectivity index is 3.90. The molecule has 0 saturated carbocycles. The predicted molar refractivity (Wildman–Crippen MR) is 71.8 cm³/mol. The predicted octanol–water partition coefficient (Wildman–Crippen LogP) is 3.42. The lowest BCUT2D eigenvalue weighted by Crippen LogP contribution is -2.18. The fourth-order valence-electron chi connectivity index (χ4n) is 2.20. The van der Waals surface area contributed by atoms with Crippen LogP contribution >= 0.6 is 0 Å².